The zero-order chi connectivity index (χ0) is 29.4. The number of carbonyl (C=O) groups excluding carboxylic acids is 2. The fourth-order valence-electron chi connectivity index (χ4n) is 5.48. The summed E-state index contributed by atoms with van der Waals surface area (Å²) in [6.07, 6.45) is 7.95. The molecular weight excluding hydrogens is 500 g/mol. The Hall–Kier alpha value is -3.06. The van der Waals surface area contributed by atoms with E-state index in [0.29, 0.717) is 24.7 Å². The average Bonchev–Trinajstić information content (AvgIpc) is 2.92. The molecule has 7 nitrogen and oxygen atoms in total. The van der Waals surface area contributed by atoms with E-state index in [-0.39, 0.29) is 23.9 Å². The van der Waals surface area contributed by atoms with Crippen molar-refractivity contribution in [3.8, 4) is 0 Å². The van der Waals surface area contributed by atoms with E-state index >= 15 is 0 Å². The predicted molar refractivity (Wildman–Crippen MR) is 164 cm³/mol. The minimum absolute atomic E-state index is 0.0771. The highest BCUT2D eigenvalue weighted by molar-refractivity contribution is 5.95. The SMILES string of the molecule is CCCN(CCC(C)C)C(=O)c1cccc(N/C(C)=C/C2=C(C=C(C)C)N(C)C(=O)C(C)N2C2CCOCC2)c1. The molecule has 0 saturated carbocycles. The van der Waals surface area contributed by atoms with Crippen molar-refractivity contribution >= 4 is 17.5 Å². The van der Waals surface area contributed by atoms with Crippen LogP contribution in [0.3, 0.4) is 0 Å². The molecule has 1 aromatic rings. The molecular formula is C33H50N4O3. The van der Waals surface area contributed by atoms with Gasteiger partial charge in [0.1, 0.15) is 6.04 Å². The van der Waals surface area contributed by atoms with Crippen LogP contribution in [0, 0.1) is 5.92 Å². The Bertz CT molecular complexity index is 1130. The van der Waals surface area contributed by atoms with Gasteiger partial charge >= 0.3 is 0 Å². The summed E-state index contributed by atoms with van der Waals surface area (Å²) < 4.78 is 5.64. The number of amides is 2. The Kier molecular flexibility index (Phi) is 11.4. The normalized spacial score (nSPS) is 18.9. The molecule has 1 saturated heterocycles. The highest BCUT2D eigenvalue weighted by Crippen LogP contribution is 2.33. The van der Waals surface area contributed by atoms with Crippen molar-refractivity contribution in [2.75, 3.05) is 38.7 Å². The lowest BCUT2D eigenvalue weighted by atomic mass is 9.98. The number of rotatable bonds is 11. The molecule has 1 atom stereocenters. The largest absolute Gasteiger partial charge is 0.381 e. The fraction of sp³-hybridized carbons (Fsp3) is 0.576. The number of allylic oxidation sites excluding steroid dienone is 4. The first-order valence-electron chi connectivity index (χ1n) is 14.9. The lowest BCUT2D eigenvalue weighted by molar-refractivity contribution is -0.135. The highest BCUT2D eigenvalue weighted by atomic mass is 16.5. The van der Waals surface area contributed by atoms with E-state index in [0.717, 1.165) is 67.1 Å². The van der Waals surface area contributed by atoms with Crippen LogP contribution in [0.5, 0.6) is 0 Å². The minimum Gasteiger partial charge on any atom is -0.381 e. The summed E-state index contributed by atoms with van der Waals surface area (Å²) in [4.78, 5) is 32.7. The maximum atomic E-state index is 13.4. The fourth-order valence-corrected chi connectivity index (χ4v) is 5.48. The molecule has 1 N–H and O–H groups in total. The zero-order valence-corrected chi connectivity index (χ0v) is 25.9. The molecule has 40 heavy (non-hydrogen) atoms. The molecule has 1 fully saturated rings. The summed E-state index contributed by atoms with van der Waals surface area (Å²) >= 11 is 0. The summed E-state index contributed by atoms with van der Waals surface area (Å²) in [5, 5.41) is 3.52. The molecule has 1 aromatic carbocycles. The van der Waals surface area contributed by atoms with Crippen molar-refractivity contribution in [3.05, 3.63) is 64.6 Å². The molecule has 0 aromatic heterocycles. The topological polar surface area (TPSA) is 65.1 Å². The van der Waals surface area contributed by atoms with Crippen molar-refractivity contribution in [2.24, 2.45) is 5.92 Å². The molecule has 0 radical (unpaired) electrons. The first-order chi connectivity index (χ1) is 19.0. The quantitative estimate of drug-likeness (QED) is 0.344. The highest BCUT2D eigenvalue weighted by Gasteiger charge is 2.38. The molecule has 0 spiro atoms. The molecule has 0 bridgehead atoms. The molecule has 2 aliphatic heterocycles. The number of anilines is 1. The van der Waals surface area contributed by atoms with Gasteiger partial charge in [0.05, 0.1) is 11.4 Å². The van der Waals surface area contributed by atoms with Crippen molar-refractivity contribution in [1.29, 1.82) is 0 Å². The van der Waals surface area contributed by atoms with Crippen LogP contribution in [0.15, 0.2) is 59.1 Å². The Morgan fingerprint density at radius 3 is 2.45 bits per heavy atom. The second-order valence-corrected chi connectivity index (χ2v) is 11.8. The van der Waals surface area contributed by atoms with Crippen molar-refractivity contribution in [1.82, 2.24) is 14.7 Å². The Morgan fingerprint density at radius 1 is 1.12 bits per heavy atom. The molecule has 220 valence electrons. The summed E-state index contributed by atoms with van der Waals surface area (Å²) in [5.41, 5.74) is 5.57. The van der Waals surface area contributed by atoms with E-state index in [4.69, 9.17) is 4.74 Å². The Labute approximate surface area is 241 Å². The van der Waals surface area contributed by atoms with Crippen LogP contribution < -0.4 is 5.32 Å². The van der Waals surface area contributed by atoms with Crippen LogP contribution in [0.1, 0.15) is 84.5 Å². The first kappa shape index (κ1) is 31.5. The average molecular weight is 551 g/mol. The van der Waals surface area contributed by atoms with Crippen LogP contribution in [-0.2, 0) is 9.53 Å². The molecule has 0 aliphatic carbocycles. The maximum absolute atomic E-state index is 13.4. The summed E-state index contributed by atoms with van der Waals surface area (Å²) in [7, 11) is 1.86. The second kappa shape index (κ2) is 14.5. The van der Waals surface area contributed by atoms with Gasteiger partial charge in [-0.15, -0.1) is 0 Å². The van der Waals surface area contributed by atoms with Crippen LogP contribution >= 0.6 is 0 Å². The number of nitrogens with one attached hydrogen (secondary N) is 1. The number of ether oxygens (including phenoxy) is 1. The van der Waals surface area contributed by atoms with Crippen molar-refractivity contribution in [2.45, 2.75) is 86.2 Å². The van der Waals surface area contributed by atoms with Gasteiger partial charge in [-0.05, 0) is 89.6 Å². The predicted octanol–water partition coefficient (Wildman–Crippen LogP) is 6.42. The third kappa shape index (κ3) is 8.00. The number of benzene rings is 1. The van der Waals surface area contributed by atoms with Crippen molar-refractivity contribution in [3.63, 3.8) is 0 Å². The van der Waals surface area contributed by atoms with Gasteiger partial charge in [-0.1, -0.05) is 32.4 Å². The van der Waals surface area contributed by atoms with E-state index in [9.17, 15) is 9.59 Å². The number of likely N-dealkylation sites (N-methyl/N-ethyl adjacent to an activating group) is 1. The number of nitrogens with zero attached hydrogens (tertiary/aromatic N) is 3. The van der Waals surface area contributed by atoms with Crippen LogP contribution in [0.25, 0.3) is 0 Å². The molecule has 2 aliphatic rings. The molecule has 1 unspecified atom stereocenters. The summed E-state index contributed by atoms with van der Waals surface area (Å²) in [6, 6.07) is 7.74. The van der Waals surface area contributed by atoms with E-state index < -0.39 is 0 Å². The van der Waals surface area contributed by atoms with Crippen LogP contribution in [0.2, 0.25) is 0 Å². The zero-order valence-electron chi connectivity index (χ0n) is 25.9. The van der Waals surface area contributed by atoms with Gasteiger partial charge in [-0.3, -0.25) is 9.59 Å². The van der Waals surface area contributed by atoms with E-state index in [2.05, 4.69) is 57.0 Å². The van der Waals surface area contributed by atoms with Gasteiger partial charge in [0.15, 0.2) is 0 Å². The first-order valence-corrected chi connectivity index (χ1v) is 14.9. The molecule has 3 rings (SSSR count). The standard InChI is InChI=1S/C33H50N4O3/c1-9-16-36(17-13-23(2)3)33(39)27-11-10-12-28(22-27)34-25(6)21-31-30(20-24(4)5)35(8)32(38)26(7)37(31)29-14-18-40-19-15-29/h10-12,20-23,26,29,34H,9,13-19H2,1-8H3/b25-21+. The summed E-state index contributed by atoms with van der Waals surface area (Å²) in [6.45, 7) is 17.6. The number of hydrogen-bond acceptors (Lipinski definition) is 5. The number of hydrogen-bond donors (Lipinski definition) is 1. The lowest BCUT2D eigenvalue weighted by Crippen LogP contribution is -2.55. The van der Waals surface area contributed by atoms with E-state index in [1.165, 1.54) is 0 Å². The lowest BCUT2D eigenvalue weighted by Gasteiger charge is -2.46. The van der Waals surface area contributed by atoms with Gasteiger partial charge in [-0.25, -0.2) is 0 Å². The Balaban J connectivity index is 1.94. The minimum atomic E-state index is -0.266. The smallest absolute Gasteiger partial charge is 0.253 e. The molecule has 2 amide bonds. The Morgan fingerprint density at radius 2 is 1.82 bits per heavy atom. The third-order valence-electron chi connectivity index (χ3n) is 7.58. The van der Waals surface area contributed by atoms with Crippen LogP contribution in [-0.4, -0.2) is 71.9 Å². The summed E-state index contributed by atoms with van der Waals surface area (Å²) in [5.74, 6) is 0.728. The van der Waals surface area contributed by atoms with E-state index in [1.54, 1.807) is 4.90 Å². The maximum Gasteiger partial charge on any atom is 0.253 e. The number of carbonyl (C=O) groups is 2. The van der Waals surface area contributed by atoms with E-state index in [1.807, 2.05) is 50.1 Å². The molecule has 2 heterocycles. The third-order valence-corrected chi connectivity index (χ3v) is 7.58. The van der Waals surface area contributed by atoms with Crippen molar-refractivity contribution < 1.29 is 14.3 Å². The monoisotopic (exact) mass is 550 g/mol. The van der Waals surface area contributed by atoms with Gasteiger partial charge in [0.2, 0.25) is 5.91 Å². The van der Waals surface area contributed by atoms with Gasteiger partial charge < -0.3 is 24.8 Å². The molecule has 7 heteroatoms. The van der Waals surface area contributed by atoms with Gasteiger partial charge in [0, 0.05) is 56.3 Å². The van der Waals surface area contributed by atoms with Gasteiger partial charge in [0.25, 0.3) is 5.91 Å². The second-order valence-electron chi connectivity index (χ2n) is 11.8. The van der Waals surface area contributed by atoms with Crippen LogP contribution in [0.4, 0.5) is 5.69 Å². The van der Waals surface area contributed by atoms with Gasteiger partial charge in [-0.2, -0.15) is 0 Å².